The molecule has 0 amide bonds. The number of aromatic nitrogens is 2. The third kappa shape index (κ3) is 2.55. The van der Waals surface area contributed by atoms with Crippen LogP contribution >= 0.6 is 23.7 Å². The number of benzene rings is 1. The molecule has 3 aromatic rings. The quantitative estimate of drug-likeness (QED) is 0.804. The number of nitrogens with zero attached hydrogens (tertiary/aromatic N) is 2. The molecule has 0 saturated carbocycles. The van der Waals surface area contributed by atoms with Crippen LogP contribution in [0.2, 0.25) is 0 Å². The zero-order chi connectivity index (χ0) is 13.4. The molecule has 0 saturated heterocycles. The molecule has 0 aliphatic heterocycles. The number of aromatic carboxylic acids is 1. The fourth-order valence-corrected chi connectivity index (χ4v) is 3.30. The number of hydrogen-bond acceptors (Lipinski definition) is 3. The van der Waals surface area contributed by atoms with Crippen molar-refractivity contribution in [3.05, 3.63) is 52.9 Å². The first kappa shape index (κ1) is 14.6. The third-order valence-electron chi connectivity index (χ3n) is 3.17. The molecule has 2 aromatic heterocycles. The summed E-state index contributed by atoms with van der Waals surface area (Å²) < 4.78 is 3.13. The number of hydrogen-bond donors (Lipinski definition) is 1. The second-order valence-corrected chi connectivity index (χ2v) is 5.54. The zero-order valence-electron chi connectivity index (χ0n) is 10.7. The molecule has 4 nitrogen and oxygen atoms in total. The number of imidazole rings is 1. The van der Waals surface area contributed by atoms with Gasteiger partial charge < -0.3 is 9.67 Å². The van der Waals surface area contributed by atoms with Gasteiger partial charge >= 0.3 is 5.97 Å². The first-order valence-corrected chi connectivity index (χ1v) is 6.68. The topological polar surface area (TPSA) is 55.1 Å². The largest absolute Gasteiger partial charge is 0.478 e. The van der Waals surface area contributed by atoms with E-state index in [1.807, 2.05) is 23.8 Å². The fourth-order valence-electron chi connectivity index (χ4n) is 2.10. The fraction of sp³-hybridized carbons (Fsp3) is 0.143. The van der Waals surface area contributed by atoms with Crippen LogP contribution in [0.5, 0.6) is 0 Å². The Labute approximate surface area is 126 Å². The van der Waals surface area contributed by atoms with Crippen molar-refractivity contribution in [2.45, 2.75) is 13.5 Å². The molecule has 0 aliphatic carbocycles. The average molecular weight is 309 g/mol. The van der Waals surface area contributed by atoms with Gasteiger partial charge in [0.1, 0.15) is 0 Å². The van der Waals surface area contributed by atoms with Gasteiger partial charge in [-0.1, -0.05) is 0 Å². The van der Waals surface area contributed by atoms with Crippen LogP contribution in [0.4, 0.5) is 0 Å². The van der Waals surface area contributed by atoms with Crippen LogP contribution in [0, 0.1) is 6.92 Å². The van der Waals surface area contributed by atoms with E-state index in [1.165, 1.54) is 4.88 Å². The molecule has 0 radical (unpaired) electrons. The van der Waals surface area contributed by atoms with Crippen molar-refractivity contribution < 1.29 is 9.90 Å². The van der Waals surface area contributed by atoms with Crippen molar-refractivity contribution in [2.75, 3.05) is 0 Å². The Bertz CT molecular complexity index is 750. The smallest absolute Gasteiger partial charge is 0.335 e. The van der Waals surface area contributed by atoms with Crippen molar-refractivity contribution in [1.29, 1.82) is 0 Å². The molecule has 0 fully saturated rings. The average Bonchev–Trinajstić information content (AvgIpc) is 2.99. The first-order chi connectivity index (χ1) is 9.15. The van der Waals surface area contributed by atoms with Gasteiger partial charge in [-0.25, -0.2) is 9.78 Å². The van der Waals surface area contributed by atoms with E-state index in [9.17, 15) is 4.79 Å². The van der Waals surface area contributed by atoms with Crippen LogP contribution in [-0.4, -0.2) is 20.6 Å². The molecule has 1 aromatic carbocycles. The summed E-state index contributed by atoms with van der Waals surface area (Å²) in [5.74, 6) is -0.886. The van der Waals surface area contributed by atoms with Crippen molar-refractivity contribution in [1.82, 2.24) is 9.55 Å². The summed E-state index contributed by atoms with van der Waals surface area (Å²) in [6.07, 6.45) is 5.46. The lowest BCUT2D eigenvalue weighted by Gasteiger charge is -2.00. The summed E-state index contributed by atoms with van der Waals surface area (Å²) in [6.45, 7) is 2.81. The van der Waals surface area contributed by atoms with Crippen molar-refractivity contribution in [3.8, 4) is 0 Å². The van der Waals surface area contributed by atoms with Gasteiger partial charge in [0.05, 0.1) is 18.4 Å². The maximum absolute atomic E-state index is 11.0. The minimum absolute atomic E-state index is 0. The Balaban J connectivity index is 0.00000147. The van der Waals surface area contributed by atoms with E-state index in [4.69, 9.17) is 5.11 Å². The van der Waals surface area contributed by atoms with Crippen molar-refractivity contribution >= 4 is 39.8 Å². The SMILES string of the molecule is Cc1c(Cn2ccnc2)sc2ccc(C(=O)O)cc12.Cl. The minimum atomic E-state index is -0.886. The Hall–Kier alpha value is -1.85. The standard InChI is InChI=1S/C14H12N2O2S.ClH/c1-9-11-6-10(14(17)18)2-3-12(11)19-13(9)7-16-5-4-15-8-16;/h2-6,8H,7H2,1H3,(H,17,18);1H. The van der Waals surface area contributed by atoms with Gasteiger partial charge in [0.2, 0.25) is 0 Å². The van der Waals surface area contributed by atoms with Crippen LogP contribution in [0.25, 0.3) is 10.1 Å². The van der Waals surface area contributed by atoms with Crippen LogP contribution in [0.3, 0.4) is 0 Å². The molecule has 0 spiro atoms. The van der Waals surface area contributed by atoms with E-state index in [-0.39, 0.29) is 12.4 Å². The molecular weight excluding hydrogens is 296 g/mol. The lowest BCUT2D eigenvalue weighted by Crippen LogP contribution is -1.96. The Morgan fingerprint density at radius 3 is 2.90 bits per heavy atom. The Morgan fingerprint density at radius 2 is 2.25 bits per heavy atom. The zero-order valence-corrected chi connectivity index (χ0v) is 12.4. The Kier molecular flexibility index (Phi) is 4.11. The Morgan fingerprint density at radius 1 is 1.45 bits per heavy atom. The number of carboxylic acids is 1. The predicted octanol–water partition coefficient (Wildman–Crippen LogP) is 3.57. The molecule has 20 heavy (non-hydrogen) atoms. The molecule has 0 atom stereocenters. The van der Waals surface area contributed by atoms with Gasteiger partial charge in [0.15, 0.2) is 0 Å². The van der Waals surface area contributed by atoms with Gasteiger partial charge in [-0.15, -0.1) is 23.7 Å². The summed E-state index contributed by atoms with van der Waals surface area (Å²) in [7, 11) is 0. The second-order valence-electron chi connectivity index (χ2n) is 4.40. The highest BCUT2D eigenvalue weighted by molar-refractivity contribution is 7.19. The first-order valence-electron chi connectivity index (χ1n) is 5.86. The van der Waals surface area contributed by atoms with Gasteiger partial charge in [0.25, 0.3) is 0 Å². The maximum atomic E-state index is 11.0. The van der Waals surface area contributed by atoms with Crippen molar-refractivity contribution in [3.63, 3.8) is 0 Å². The van der Waals surface area contributed by atoms with Crippen LogP contribution in [-0.2, 0) is 6.54 Å². The lowest BCUT2D eigenvalue weighted by molar-refractivity contribution is 0.0697. The molecule has 6 heteroatoms. The summed E-state index contributed by atoms with van der Waals surface area (Å²) in [4.78, 5) is 16.3. The van der Waals surface area contributed by atoms with E-state index in [2.05, 4.69) is 4.98 Å². The molecule has 3 rings (SSSR count). The number of halogens is 1. The van der Waals surface area contributed by atoms with Gasteiger partial charge in [0, 0.05) is 22.0 Å². The van der Waals surface area contributed by atoms with E-state index < -0.39 is 5.97 Å². The molecule has 1 N–H and O–H groups in total. The molecule has 2 heterocycles. The van der Waals surface area contributed by atoms with Crippen LogP contribution < -0.4 is 0 Å². The number of fused-ring (bicyclic) bond motifs is 1. The van der Waals surface area contributed by atoms with E-state index in [0.717, 1.165) is 22.2 Å². The van der Waals surface area contributed by atoms with E-state index in [1.54, 1.807) is 36.0 Å². The van der Waals surface area contributed by atoms with Crippen molar-refractivity contribution in [2.24, 2.45) is 0 Å². The monoisotopic (exact) mass is 308 g/mol. The number of carbonyl (C=O) groups is 1. The maximum Gasteiger partial charge on any atom is 0.335 e. The molecule has 104 valence electrons. The highest BCUT2D eigenvalue weighted by Crippen LogP contribution is 2.32. The van der Waals surface area contributed by atoms with Crippen LogP contribution in [0.1, 0.15) is 20.8 Å². The van der Waals surface area contributed by atoms with Crippen LogP contribution in [0.15, 0.2) is 36.9 Å². The summed E-state index contributed by atoms with van der Waals surface area (Å²) >= 11 is 1.70. The van der Waals surface area contributed by atoms with Gasteiger partial charge in [-0.3, -0.25) is 0 Å². The summed E-state index contributed by atoms with van der Waals surface area (Å²) in [5, 5.41) is 10.1. The lowest BCUT2D eigenvalue weighted by atomic mass is 10.1. The highest BCUT2D eigenvalue weighted by atomic mass is 35.5. The molecular formula is C14H13ClN2O2S. The molecule has 0 aliphatic rings. The highest BCUT2D eigenvalue weighted by Gasteiger charge is 2.11. The number of aryl methyl sites for hydroxylation is 1. The van der Waals surface area contributed by atoms with Gasteiger partial charge in [-0.05, 0) is 36.1 Å². The van der Waals surface area contributed by atoms with Gasteiger partial charge in [-0.2, -0.15) is 0 Å². The van der Waals surface area contributed by atoms with E-state index in [0.29, 0.717) is 5.56 Å². The predicted molar refractivity (Wildman–Crippen MR) is 82.1 cm³/mol. The normalized spacial score (nSPS) is 10.4. The summed E-state index contributed by atoms with van der Waals surface area (Å²) in [6, 6.07) is 5.29. The summed E-state index contributed by atoms with van der Waals surface area (Å²) in [5.41, 5.74) is 1.49. The molecule has 0 bridgehead atoms. The number of rotatable bonds is 3. The molecule has 0 unspecified atom stereocenters. The van der Waals surface area contributed by atoms with E-state index >= 15 is 0 Å². The third-order valence-corrected chi connectivity index (χ3v) is 4.42. The second kappa shape index (κ2) is 5.64. The number of carboxylic acid groups (broad SMARTS) is 1. The minimum Gasteiger partial charge on any atom is -0.478 e. The number of thiophene rings is 1.